The lowest BCUT2D eigenvalue weighted by atomic mass is 10.2. The van der Waals surface area contributed by atoms with Gasteiger partial charge < -0.3 is 4.42 Å². The largest absolute Gasteiger partial charge is 0.436 e. The van der Waals surface area contributed by atoms with Crippen LogP contribution >= 0.6 is 23.2 Å². The van der Waals surface area contributed by atoms with Crippen molar-refractivity contribution in [3.63, 3.8) is 0 Å². The van der Waals surface area contributed by atoms with Crippen LogP contribution in [0.5, 0.6) is 0 Å². The molecule has 0 aliphatic heterocycles. The van der Waals surface area contributed by atoms with E-state index >= 15 is 0 Å². The summed E-state index contributed by atoms with van der Waals surface area (Å²) in [4.78, 5) is 4.38. The van der Waals surface area contributed by atoms with E-state index in [2.05, 4.69) is 4.98 Å². The Morgan fingerprint density at radius 3 is 2.59 bits per heavy atom. The number of hydrogen-bond acceptors (Lipinski definition) is 2. The zero-order valence-electron chi connectivity index (χ0n) is 8.65. The monoisotopic (exact) mass is 263 g/mol. The van der Waals surface area contributed by atoms with Crippen LogP contribution in [-0.2, 0) is 0 Å². The number of oxazole rings is 1. The molecule has 84 valence electrons. The van der Waals surface area contributed by atoms with Gasteiger partial charge in [0.1, 0.15) is 5.52 Å². The Morgan fingerprint density at radius 2 is 1.82 bits per heavy atom. The lowest BCUT2D eigenvalue weighted by molar-refractivity contribution is 0.620. The quantitative estimate of drug-likeness (QED) is 0.630. The molecule has 0 N–H and O–H groups in total. The van der Waals surface area contributed by atoms with Gasteiger partial charge in [-0.15, -0.1) is 0 Å². The fourth-order valence-electron chi connectivity index (χ4n) is 1.65. The summed E-state index contributed by atoms with van der Waals surface area (Å²) in [6.07, 6.45) is 0. The molecule has 3 rings (SSSR count). The summed E-state index contributed by atoms with van der Waals surface area (Å²) < 4.78 is 5.64. The molecule has 1 heterocycles. The second-order valence-corrected chi connectivity index (χ2v) is 4.45. The number of aromatic nitrogens is 1. The normalized spacial score (nSPS) is 10.9. The van der Waals surface area contributed by atoms with Crippen LogP contribution in [0.1, 0.15) is 0 Å². The fourth-order valence-corrected chi connectivity index (χ4v) is 2.14. The molecule has 0 saturated carbocycles. The van der Waals surface area contributed by atoms with Crippen LogP contribution < -0.4 is 0 Å². The number of nitrogens with zero attached hydrogens (tertiary/aromatic N) is 1. The molecule has 2 aromatic carbocycles. The van der Waals surface area contributed by atoms with E-state index < -0.39 is 0 Å². The van der Waals surface area contributed by atoms with Crippen LogP contribution in [0.3, 0.4) is 0 Å². The Hall–Kier alpha value is -1.51. The second kappa shape index (κ2) is 4.06. The Kier molecular flexibility index (Phi) is 2.54. The van der Waals surface area contributed by atoms with E-state index in [1.807, 2.05) is 24.3 Å². The van der Waals surface area contributed by atoms with Crippen LogP contribution in [0.25, 0.3) is 22.6 Å². The third-order valence-corrected chi connectivity index (χ3v) is 3.00. The van der Waals surface area contributed by atoms with Gasteiger partial charge in [-0.25, -0.2) is 4.98 Å². The maximum Gasteiger partial charge on any atom is 0.228 e. The maximum absolute atomic E-state index is 6.11. The molecule has 0 aliphatic carbocycles. The highest BCUT2D eigenvalue weighted by Crippen LogP contribution is 2.31. The number of halogens is 2. The molecule has 4 heteroatoms. The Bertz CT molecular complexity index is 658. The molecular formula is C13H7Cl2NO. The number of para-hydroxylation sites is 2. The third kappa shape index (κ3) is 1.90. The summed E-state index contributed by atoms with van der Waals surface area (Å²) >= 11 is 12.0. The minimum absolute atomic E-state index is 0.507. The van der Waals surface area contributed by atoms with Gasteiger partial charge >= 0.3 is 0 Å². The van der Waals surface area contributed by atoms with Crippen LogP contribution in [-0.4, -0.2) is 4.98 Å². The molecule has 0 atom stereocenters. The maximum atomic E-state index is 6.11. The molecule has 1 aromatic heterocycles. The van der Waals surface area contributed by atoms with Crippen molar-refractivity contribution in [3.05, 3.63) is 52.5 Å². The number of hydrogen-bond donors (Lipinski definition) is 0. The zero-order valence-corrected chi connectivity index (χ0v) is 10.2. The Balaban J connectivity index is 2.20. The predicted octanol–water partition coefficient (Wildman–Crippen LogP) is 4.80. The first-order chi connectivity index (χ1) is 8.24. The summed E-state index contributed by atoms with van der Waals surface area (Å²) in [7, 11) is 0. The molecule has 0 unspecified atom stereocenters. The van der Waals surface area contributed by atoms with E-state index in [9.17, 15) is 0 Å². The van der Waals surface area contributed by atoms with Gasteiger partial charge in [0.15, 0.2) is 5.58 Å². The molecule has 3 aromatic rings. The summed E-state index contributed by atoms with van der Waals surface area (Å²) in [6, 6.07) is 12.8. The minimum atomic E-state index is 0.507. The van der Waals surface area contributed by atoms with Gasteiger partial charge in [-0.2, -0.15) is 0 Å². The van der Waals surface area contributed by atoms with Crippen molar-refractivity contribution in [1.82, 2.24) is 4.98 Å². The molecule has 0 spiro atoms. The van der Waals surface area contributed by atoms with Crippen LogP contribution in [0, 0.1) is 0 Å². The van der Waals surface area contributed by atoms with Crippen LogP contribution in [0.2, 0.25) is 10.0 Å². The van der Waals surface area contributed by atoms with Gasteiger partial charge in [-0.1, -0.05) is 35.3 Å². The predicted molar refractivity (Wildman–Crippen MR) is 69.5 cm³/mol. The number of rotatable bonds is 1. The molecule has 0 saturated heterocycles. The van der Waals surface area contributed by atoms with E-state index in [-0.39, 0.29) is 0 Å². The first-order valence-corrected chi connectivity index (χ1v) is 5.80. The highest BCUT2D eigenvalue weighted by molar-refractivity contribution is 6.36. The second-order valence-electron chi connectivity index (χ2n) is 3.61. The standard InChI is InChI=1S/C13H7Cl2NO/c14-8-5-6-9(10(15)7-8)13-16-11-3-1-2-4-12(11)17-13/h1-7H. The average Bonchev–Trinajstić information content (AvgIpc) is 2.72. The fraction of sp³-hybridized carbons (Fsp3) is 0. The summed E-state index contributed by atoms with van der Waals surface area (Å²) in [5, 5.41) is 1.12. The molecule has 0 radical (unpaired) electrons. The minimum Gasteiger partial charge on any atom is -0.436 e. The van der Waals surface area contributed by atoms with Crippen molar-refractivity contribution in [2.75, 3.05) is 0 Å². The van der Waals surface area contributed by atoms with Crippen LogP contribution in [0.15, 0.2) is 46.9 Å². The van der Waals surface area contributed by atoms with E-state index in [4.69, 9.17) is 27.6 Å². The first-order valence-electron chi connectivity index (χ1n) is 5.05. The molecular weight excluding hydrogens is 257 g/mol. The van der Waals surface area contributed by atoms with Crippen molar-refractivity contribution >= 4 is 34.3 Å². The summed E-state index contributed by atoms with van der Waals surface area (Å²) in [5.74, 6) is 0.507. The Morgan fingerprint density at radius 1 is 1.00 bits per heavy atom. The molecule has 0 fully saturated rings. The molecule has 2 nitrogen and oxygen atoms in total. The molecule has 17 heavy (non-hydrogen) atoms. The first kappa shape index (κ1) is 10.6. The van der Waals surface area contributed by atoms with Gasteiger partial charge in [0.2, 0.25) is 5.89 Å². The van der Waals surface area contributed by atoms with E-state index in [1.165, 1.54) is 0 Å². The van der Waals surface area contributed by atoms with Crippen molar-refractivity contribution in [2.45, 2.75) is 0 Å². The molecule has 0 bridgehead atoms. The van der Waals surface area contributed by atoms with Crippen LogP contribution in [0.4, 0.5) is 0 Å². The Labute approximate surface area is 108 Å². The average molecular weight is 264 g/mol. The summed E-state index contributed by atoms with van der Waals surface area (Å²) in [6.45, 7) is 0. The van der Waals surface area contributed by atoms with E-state index in [0.29, 0.717) is 15.9 Å². The highest BCUT2D eigenvalue weighted by atomic mass is 35.5. The van der Waals surface area contributed by atoms with Crippen molar-refractivity contribution in [1.29, 1.82) is 0 Å². The van der Waals surface area contributed by atoms with Gasteiger partial charge in [0.25, 0.3) is 0 Å². The van der Waals surface area contributed by atoms with Crippen molar-refractivity contribution in [2.24, 2.45) is 0 Å². The molecule has 0 aliphatic rings. The number of fused-ring (bicyclic) bond motifs is 1. The van der Waals surface area contributed by atoms with Gasteiger partial charge in [0.05, 0.1) is 10.6 Å². The van der Waals surface area contributed by atoms with Crippen molar-refractivity contribution in [3.8, 4) is 11.5 Å². The summed E-state index contributed by atoms with van der Waals surface area (Å²) in [5.41, 5.74) is 2.30. The highest BCUT2D eigenvalue weighted by Gasteiger charge is 2.11. The smallest absolute Gasteiger partial charge is 0.228 e. The van der Waals surface area contributed by atoms with Gasteiger partial charge in [-0.3, -0.25) is 0 Å². The molecule has 0 amide bonds. The topological polar surface area (TPSA) is 26.0 Å². The van der Waals surface area contributed by atoms with Crippen molar-refractivity contribution < 1.29 is 4.42 Å². The third-order valence-electron chi connectivity index (χ3n) is 2.46. The lowest BCUT2D eigenvalue weighted by Crippen LogP contribution is -1.78. The van der Waals surface area contributed by atoms with E-state index in [0.717, 1.165) is 16.7 Å². The SMILES string of the molecule is Clc1ccc(-c2nc3ccccc3o2)c(Cl)c1. The van der Waals surface area contributed by atoms with E-state index in [1.54, 1.807) is 18.2 Å². The number of benzene rings is 2. The zero-order chi connectivity index (χ0) is 11.8. The lowest BCUT2D eigenvalue weighted by Gasteiger charge is -1.98. The van der Waals surface area contributed by atoms with Gasteiger partial charge in [-0.05, 0) is 30.3 Å². The van der Waals surface area contributed by atoms with Gasteiger partial charge in [0, 0.05) is 5.02 Å².